The SMILES string of the molecule is CCC(C)(NC(=O)c1cnc(C)cc1NN)C(N)=O. The average Bonchev–Trinajstić information content (AvgIpc) is 2.37. The van der Waals surface area contributed by atoms with Gasteiger partial charge in [0.25, 0.3) is 5.91 Å². The fraction of sp³-hybridized carbons (Fsp3) is 0.417. The number of nitrogens with zero attached hydrogens (tertiary/aromatic N) is 1. The summed E-state index contributed by atoms with van der Waals surface area (Å²) in [6.07, 6.45) is 1.79. The Morgan fingerprint density at radius 1 is 1.47 bits per heavy atom. The number of hydrogen-bond acceptors (Lipinski definition) is 5. The number of aryl methyl sites for hydroxylation is 1. The third kappa shape index (κ3) is 3.19. The molecule has 1 rings (SSSR count). The van der Waals surface area contributed by atoms with E-state index >= 15 is 0 Å². The highest BCUT2D eigenvalue weighted by atomic mass is 16.2. The monoisotopic (exact) mass is 265 g/mol. The summed E-state index contributed by atoms with van der Waals surface area (Å²) >= 11 is 0. The number of hydrogen-bond donors (Lipinski definition) is 4. The number of carbonyl (C=O) groups is 2. The van der Waals surface area contributed by atoms with Gasteiger partial charge in [0.15, 0.2) is 0 Å². The van der Waals surface area contributed by atoms with Crippen molar-refractivity contribution in [3.63, 3.8) is 0 Å². The van der Waals surface area contributed by atoms with E-state index in [0.717, 1.165) is 5.69 Å². The molecule has 0 saturated heterocycles. The molecule has 0 bridgehead atoms. The van der Waals surface area contributed by atoms with Crippen molar-refractivity contribution in [1.29, 1.82) is 0 Å². The Morgan fingerprint density at radius 3 is 2.58 bits per heavy atom. The van der Waals surface area contributed by atoms with Crippen LogP contribution in [0.4, 0.5) is 5.69 Å². The summed E-state index contributed by atoms with van der Waals surface area (Å²) in [6.45, 7) is 5.12. The summed E-state index contributed by atoms with van der Waals surface area (Å²) in [5.41, 5.74) is 8.04. The molecule has 1 unspecified atom stereocenters. The van der Waals surface area contributed by atoms with E-state index in [1.807, 2.05) is 0 Å². The first-order chi connectivity index (χ1) is 8.84. The second-order valence-electron chi connectivity index (χ2n) is 4.52. The van der Waals surface area contributed by atoms with Gasteiger partial charge in [0.1, 0.15) is 5.54 Å². The van der Waals surface area contributed by atoms with Gasteiger partial charge in [-0.05, 0) is 26.3 Å². The maximum absolute atomic E-state index is 12.2. The molecule has 0 saturated carbocycles. The highest BCUT2D eigenvalue weighted by Crippen LogP contribution is 2.16. The van der Waals surface area contributed by atoms with Crippen LogP contribution in [0.5, 0.6) is 0 Å². The van der Waals surface area contributed by atoms with E-state index in [9.17, 15) is 9.59 Å². The molecule has 0 aliphatic rings. The van der Waals surface area contributed by atoms with Crippen molar-refractivity contribution in [3.8, 4) is 0 Å². The van der Waals surface area contributed by atoms with Crippen molar-refractivity contribution in [1.82, 2.24) is 10.3 Å². The summed E-state index contributed by atoms with van der Waals surface area (Å²) in [5.74, 6) is 4.32. The van der Waals surface area contributed by atoms with Gasteiger partial charge >= 0.3 is 0 Å². The molecule has 7 heteroatoms. The molecule has 2 amide bonds. The van der Waals surface area contributed by atoms with Crippen LogP contribution in [0.15, 0.2) is 12.3 Å². The first-order valence-corrected chi connectivity index (χ1v) is 5.89. The van der Waals surface area contributed by atoms with Crippen LogP contribution in [-0.2, 0) is 4.79 Å². The van der Waals surface area contributed by atoms with Crippen molar-refractivity contribution >= 4 is 17.5 Å². The second kappa shape index (κ2) is 5.66. The third-order valence-electron chi connectivity index (χ3n) is 3.08. The first kappa shape index (κ1) is 14.9. The zero-order valence-corrected chi connectivity index (χ0v) is 11.3. The van der Waals surface area contributed by atoms with Crippen molar-refractivity contribution in [2.75, 3.05) is 5.43 Å². The molecule has 1 aromatic heterocycles. The summed E-state index contributed by atoms with van der Waals surface area (Å²) in [5, 5.41) is 2.60. The van der Waals surface area contributed by atoms with E-state index in [4.69, 9.17) is 11.6 Å². The Balaban J connectivity index is 3.05. The van der Waals surface area contributed by atoms with Crippen molar-refractivity contribution in [2.45, 2.75) is 32.7 Å². The molecule has 104 valence electrons. The molecule has 7 nitrogen and oxygen atoms in total. The average molecular weight is 265 g/mol. The summed E-state index contributed by atoms with van der Waals surface area (Å²) in [7, 11) is 0. The molecule has 19 heavy (non-hydrogen) atoms. The van der Waals surface area contributed by atoms with Gasteiger partial charge in [0, 0.05) is 11.9 Å². The molecule has 1 atom stereocenters. The number of amides is 2. The van der Waals surface area contributed by atoms with Crippen LogP contribution in [0, 0.1) is 6.92 Å². The van der Waals surface area contributed by atoms with Crippen LogP contribution in [0.2, 0.25) is 0 Å². The molecule has 0 fully saturated rings. The van der Waals surface area contributed by atoms with Gasteiger partial charge in [-0.2, -0.15) is 0 Å². The van der Waals surface area contributed by atoms with Crippen LogP contribution >= 0.6 is 0 Å². The van der Waals surface area contributed by atoms with Crippen LogP contribution in [0.1, 0.15) is 36.3 Å². The number of nitrogens with two attached hydrogens (primary N) is 2. The predicted molar refractivity (Wildman–Crippen MR) is 72.1 cm³/mol. The van der Waals surface area contributed by atoms with E-state index < -0.39 is 17.4 Å². The van der Waals surface area contributed by atoms with Gasteiger partial charge in [-0.15, -0.1) is 0 Å². The van der Waals surface area contributed by atoms with Crippen LogP contribution < -0.4 is 22.3 Å². The number of hydrazine groups is 1. The van der Waals surface area contributed by atoms with Gasteiger partial charge in [0.2, 0.25) is 5.91 Å². The molecule has 1 heterocycles. The maximum atomic E-state index is 12.2. The lowest BCUT2D eigenvalue weighted by molar-refractivity contribution is -0.123. The molecule has 0 radical (unpaired) electrons. The lowest BCUT2D eigenvalue weighted by Gasteiger charge is -2.26. The Kier molecular flexibility index (Phi) is 4.44. The largest absolute Gasteiger partial charge is 0.368 e. The Morgan fingerprint density at radius 2 is 2.11 bits per heavy atom. The zero-order chi connectivity index (χ0) is 14.6. The standard InChI is InChI=1S/C12H19N5O2/c1-4-12(3,11(13)19)16-10(18)8-6-15-7(2)5-9(8)17-14/h5-6H,4,14H2,1-3H3,(H2,13,19)(H,15,17)(H,16,18). The van der Waals surface area contributed by atoms with Gasteiger partial charge in [0.05, 0.1) is 11.3 Å². The predicted octanol–water partition coefficient (Wildman–Crippen LogP) is 0.0594. The van der Waals surface area contributed by atoms with Crippen molar-refractivity contribution < 1.29 is 9.59 Å². The molecule has 0 aromatic carbocycles. The summed E-state index contributed by atoms with van der Waals surface area (Å²) in [6, 6.07) is 1.64. The summed E-state index contributed by atoms with van der Waals surface area (Å²) in [4.78, 5) is 27.6. The van der Waals surface area contributed by atoms with Gasteiger partial charge in [-0.3, -0.25) is 20.4 Å². The lowest BCUT2D eigenvalue weighted by atomic mass is 9.97. The minimum Gasteiger partial charge on any atom is -0.368 e. The zero-order valence-electron chi connectivity index (χ0n) is 11.3. The minimum atomic E-state index is -1.10. The lowest BCUT2D eigenvalue weighted by Crippen LogP contribution is -2.55. The fourth-order valence-corrected chi connectivity index (χ4v) is 1.50. The maximum Gasteiger partial charge on any atom is 0.255 e. The number of rotatable bonds is 5. The molecule has 6 N–H and O–H groups in total. The van der Waals surface area contributed by atoms with Crippen molar-refractivity contribution in [3.05, 3.63) is 23.5 Å². The quantitative estimate of drug-likeness (QED) is 0.443. The number of primary amides is 1. The van der Waals surface area contributed by atoms with E-state index in [0.29, 0.717) is 12.1 Å². The van der Waals surface area contributed by atoms with E-state index in [2.05, 4.69) is 15.7 Å². The smallest absolute Gasteiger partial charge is 0.255 e. The first-order valence-electron chi connectivity index (χ1n) is 5.89. The topological polar surface area (TPSA) is 123 Å². The van der Waals surface area contributed by atoms with Gasteiger partial charge in [-0.25, -0.2) is 0 Å². The molecular formula is C12H19N5O2. The van der Waals surface area contributed by atoms with Gasteiger partial charge in [-0.1, -0.05) is 6.92 Å². The molecule has 0 aliphatic heterocycles. The number of anilines is 1. The molecule has 0 spiro atoms. The number of carbonyl (C=O) groups excluding carboxylic acids is 2. The highest BCUT2D eigenvalue weighted by molar-refractivity contribution is 6.02. The van der Waals surface area contributed by atoms with Crippen LogP contribution in [0.25, 0.3) is 0 Å². The summed E-state index contributed by atoms with van der Waals surface area (Å²) < 4.78 is 0. The van der Waals surface area contributed by atoms with Crippen LogP contribution in [0.3, 0.4) is 0 Å². The number of aromatic nitrogens is 1. The number of pyridine rings is 1. The highest BCUT2D eigenvalue weighted by Gasteiger charge is 2.31. The van der Waals surface area contributed by atoms with E-state index in [1.165, 1.54) is 6.20 Å². The number of nitrogens with one attached hydrogen (secondary N) is 2. The number of nitrogen functional groups attached to an aromatic ring is 1. The second-order valence-corrected chi connectivity index (χ2v) is 4.52. The molecule has 0 aliphatic carbocycles. The fourth-order valence-electron chi connectivity index (χ4n) is 1.50. The third-order valence-corrected chi connectivity index (χ3v) is 3.08. The van der Waals surface area contributed by atoms with Gasteiger partial charge < -0.3 is 16.5 Å². The Hall–Kier alpha value is -2.15. The normalized spacial score (nSPS) is 13.5. The van der Waals surface area contributed by atoms with E-state index in [-0.39, 0.29) is 5.56 Å². The molecule has 1 aromatic rings. The molecular weight excluding hydrogens is 246 g/mol. The minimum absolute atomic E-state index is 0.258. The van der Waals surface area contributed by atoms with E-state index in [1.54, 1.807) is 26.8 Å². The Labute approximate surface area is 111 Å². The Bertz CT molecular complexity index is 503. The van der Waals surface area contributed by atoms with Crippen LogP contribution in [-0.4, -0.2) is 22.3 Å². The van der Waals surface area contributed by atoms with Crippen molar-refractivity contribution in [2.24, 2.45) is 11.6 Å².